The second-order valence-corrected chi connectivity index (χ2v) is 11.0. The van der Waals surface area contributed by atoms with Crippen molar-refractivity contribution in [2.45, 2.75) is 63.3 Å². The number of hydrogen-bond donors (Lipinski definition) is 2. The number of nitrogens with one attached hydrogen (secondary N) is 2. The second-order valence-electron chi connectivity index (χ2n) is 9.02. The molecule has 2 fully saturated rings. The molecular formula is C25H35N3O3S. The average molecular weight is 458 g/mol. The molecule has 0 amide bonds. The predicted octanol–water partition coefficient (Wildman–Crippen LogP) is 3.99. The minimum Gasteiger partial charge on any atom is -0.490 e. The van der Waals surface area contributed by atoms with Crippen molar-refractivity contribution >= 4 is 15.7 Å². The van der Waals surface area contributed by atoms with Gasteiger partial charge in [0.15, 0.2) is 0 Å². The van der Waals surface area contributed by atoms with Gasteiger partial charge in [0, 0.05) is 31.2 Å². The first kappa shape index (κ1) is 23.1. The summed E-state index contributed by atoms with van der Waals surface area (Å²) in [6.45, 7) is 1.64. The molecule has 0 unspecified atom stereocenters. The van der Waals surface area contributed by atoms with Gasteiger partial charge in [-0.05, 0) is 68.8 Å². The number of piperidine rings is 1. The number of rotatable bonds is 8. The van der Waals surface area contributed by atoms with Crippen LogP contribution in [0.25, 0.3) is 0 Å². The van der Waals surface area contributed by atoms with E-state index in [-0.39, 0.29) is 12.1 Å². The highest BCUT2D eigenvalue weighted by Gasteiger charge is 2.26. The van der Waals surface area contributed by atoms with Crippen LogP contribution in [0.3, 0.4) is 0 Å². The largest absolute Gasteiger partial charge is 0.490 e. The third kappa shape index (κ3) is 5.63. The Hall–Kier alpha value is -2.09. The van der Waals surface area contributed by atoms with Gasteiger partial charge in [0.2, 0.25) is 10.0 Å². The zero-order valence-electron chi connectivity index (χ0n) is 19.1. The Labute approximate surface area is 192 Å². The molecule has 7 heteroatoms. The summed E-state index contributed by atoms with van der Waals surface area (Å²) in [6.07, 6.45) is 8.28. The molecule has 1 saturated heterocycles. The van der Waals surface area contributed by atoms with Crippen molar-refractivity contribution in [3.8, 4) is 5.75 Å². The van der Waals surface area contributed by atoms with Crippen molar-refractivity contribution in [3.05, 3.63) is 59.7 Å². The lowest BCUT2D eigenvalue weighted by molar-refractivity contribution is 0.206. The third-order valence-corrected chi connectivity index (χ3v) is 7.88. The maximum Gasteiger partial charge on any atom is 0.231 e. The molecule has 1 heterocycles. The quantitative estimate of drug-likeness (QED) is 0.627. The molecule has 4 rings (SSSR count). The number of anilines is 1. The van der Waals surface area contributed by atoms with Gasteiger partial charge < -0.3 is 15.4 Å². The molecular weight excluding hydrogens is 422 g/mol. The van der Waals surface area contributed by atoms with Gasteiger partial charge in [-0.15, -0.1) is 0 Å². The van der Waals surface area contributed by atoms with Gasteiger partial charge in [0.1, 0.15) is 5.75 Å². The Morgan fingerprint density at radius 3 is 2.53 bits per heavy atom. The Kier molecular flexibility index (Phi) is 7.38. The first-order valence-electron chi connectivity index (χ1n) is 11.7. The highest BCUT2D eigenvalue weighted by Crippen LogP contribution is 2.31. The zero-order chi connectivity index (χ0) is 22.6. The fraction of sp³-hybridized carbons (Fsp3) is 0.520. The number of hydrogen-bond acceptors (Lipinski definition) is 5. The summed E-state index contributed by atoms with van der Waals surface area (Å²) in [6, 6.07) is 16.8. The molecule has 1 saturated carbocycles. The van der Waals surface area contributed by atoms with Crippen molar-refractivity contribution in [2.24, 2.45) is 0 Å². The Bertz CT molecular complexity index is 991. The fourth-order valence-electron chi connectivity index (χ4n) is 4.75. The summed E-state index contributed by atoms with van der Waals surface area (Å²) in [5, 5.41) is 7.41. The summed E-state index contributed by atoms with van der Waals surface area (Å²) < 4.78 is 31.8. The topological polar surface area (TPSA) is 70.7 Å². The van der Waals surface area contributed by atoms with Gasteiger partial charge in [-0.25, -0.2) is 8.42 Å². The lowest BCUT2D eigenvalue weighted by atomic mass is 9.92. The van der Waals surface area contributed by atoms with Crippen LogP contribution in [0.4, 0.5) is 5.69 Å². The Balaban J connectivity index is 1.55. The highest BCUT2D eigenvalue weighted by molar-refractivity contribution is 7.92. The van der Waals surface area contributed by atoms with E-state index in [2.05, 4.69) is 34.9 Å². The molecule has 1 aliphatic heterocycles. The normalized spacial score (nSPS) is 22.1. The summed E-state index contributed by atoms with van der Waals surface area (Å²) in [5.41, 5.74) is 2.95. The number of sulfonamides is 1. The molecule has 2 aromatic carbocycles. The third-order valence-electron chi connectivity index (χ3n) is 6.67. The molecule has 2 aromatic rings. The molecule has 2 N–H and O–H groups in total. The van der Waals surface area contributed by atoms with Crippen LogP contribution in [0, 0.1) is 0 Å². The Morgan fingerprint density at radius 1 is 1.06 bits per heavy atom. The smallest absolute Gasteiger partial charge is 0.231 e. The molecule has 0 bridgehead atoms. The SMILES string of the molecule is CN(c1ccc(OC2CCCC2)c(CN[C@@H]2CCCN[C@@H]2c2ccccc2)c1)S(C)(=O)=O. The minimum atomic E-state index is -3.33. The van der Waals surface area contributed by atoms with Crippen LogP contribution in [0.1, 0.15) is 55.7 Å². The van der Waals surface area contributed by atoms with Crippen LogP contribution in [0.15, 0.2) is 48.5 Å². The first-order chi connectivity index (χ1) is 15.4. The first-order valence-corrected chi connectivity index (χ1v) is 13.5. The lowest BCUT2D eigenvalue weighted by Crippen LogP contribution is -2.45. The summed E-state index contributed by atoms with van der Waals surface area (Å²) in [5.74, 6) is 0.857. The highest BCUT2D eigenvalue weighted by atomic mass is 32.2. The molecule has 0 spiro atoms. The van der Waals surface area contributed by atoms with Crippen LogP contribution in [0.5, 0.6) is 5.75 Å². The molecule has 0 aromatic heterocycles. The zero-order valence-corrected chi connectivity index (χ0v) is 19.9. The number of benzene rings is 2. The van der Waals surface area contributed by atoms with Gasteiger partial charge in [-0.2, -0.15) is 0 Å². The molecule has 0 radical (unpaired) electrons. The summed E-state index contributed by atoms with van der Waals surface area (Å²) >= 11 is 0. The van der Waals surface area contributed by atoms with Gasteiger partial charge in [-0.3, -0.25) is 4.31 Å². The van der Waals surface area contributed by atoms with Crippen LogP contribution < -0.4 is 19.7 Å². The van der Waals surface area contributed by atoms with E-state index in [0.29, 0.717) is 18.3 Å². The number of nitrogens with zero attached hydrogens (tertiary/aromatic N) is 1. The van der Waals surface area contributed by atoms with Gasteiger partial charge in [0.05, 0.1) is 18.0 Å². The summed E-state index contributed by atoms with van der Waals surface area (Å²) in [4.78, 5) is 0. The van der Waals surface area contributed by atoms with Gasteiger partial charge >= 0.3 is 0 Å². The predicted molar refractivity (Wildman–Crippen MR) is 130 cm³/mol. The van der Waals surface area contributed by atoms with Crippen LogP contribution in [0.2, 0.25) is 0 Å². The average Bonchev–Trinajstić information content (AvgIpc) is 3.31. The van der Waals surface area contributed by atoms with Crippen molar-refractivity contribution in [2.75, 3.05) is 24.2 Å². The van der Waals surface area contributed by atoms with Crippen molar-refractivity contribution in [1.82, 2.24) is 10.6 Å². The van der Waals surface area contributed by atoms with E-state index in [9.17, 15) is 8.42 Å². The lowest BCUT2D eigenvalue weighted by Gasteiger charge is -2.34. The van der Waals surface area contributed by atoms with E-state index in [1.54, 1.807) is 7.05 Å². The summed E-state index contributed by atoms with van der Waals surface area (Å²) in [7, 11) is -1.73. The van der Waals surface area contributed by atoms with Crippen LogP contribution in [-0.4, -0.2) is 40.4 Å². The standard InChI is InChI=1S/C25H35N3O3S/c1-28(32(2,29)30)21-14-15-24(31-22-11-6-7-12-22)20(17-21)18-27-23-13-8-16-26-25(23)19-9-4-3-5-10-19/h3-5,9-10,14-15,17,22-23,25-27H,6-8,11-13,16,18H2,1-2H3/t23-,25-/m1/s1. The van der Waals surface area contributed by atoms with Crippen molar-refractivity contribution in [3.63, 3.8) is 0 Å². The maximum absolute atomic E-state index is 12.1. The molecule has 2 atom stereocenters. The Morgan fingerprint density at radius 2 is 1.81 bits per heavy atom. The van der Waals surface area contributed by atoms with E-state index in [0.717, 1.165) is 43.5 Å². The molecule has 2 aliphatic rings. The monoisotopic (exact) mass is 457 g/mol. The fourth-order valence-corrected chi connectivity index (χ4v) is 5.25. The molecule has 1 aliphatic carbocycles. The molecule has 174 valence electrons. The van der Waals surface area contributed by atoms with Crippen LogP contribution >= 0.6 is 0 Å². The molecule has 6 nitrogen and oxygen atoms in total. The van der Waals surface area contributed by atoms with Crippen LogP contribution in [-0.2, 0) is 16.6 Å². The van der Waals surface area contributed by atoms with E-state index >= 15 is 0 Å². The van der Waals surface area contributed by atoms with Crippen molar-refractivity contribution in [1.29, 1.82) is 0 Å². The van der Waals surface area contributed by atoms with E-state index in [1.165, 1.54) is 29.0 Å². The minimum absolute atomic E-state index is 0.251. The molecule has 32 heavy (non-hydrogen) atoms. The maximum atomic E-state index is 12.1. The van der Waals surface area contributed by atoms with E-state index in [1.807, 2.05) is 24.3 Å². The van der Waals surface area contributed by atoms with E-state index in [4.69, 9.17) is 4.74 Å². The van der Waals surface area contributed by atoms with Gasteiger partial charge in [0.25, 0.3) is 0 Å². The number of ether oxygens (including phenoxy) is 1. The van der Waals surface area contributed by atoms with Crippen molar-refractivity contribution < 1.29 is 13.2 Å². The van der Waals surface area contributed by atoms with Gasteiger partial charge in [-0.1, -0.05) is 30.3 Å². The van der Waals surface area contributed by atoms with E-state index < -0.39 is 10.0 Å². The second kappa shape index (κ2) is 10.2.